The Balaban J connectivity index is 1.03. The summed E-state index contributed by atoms with van der Waals surface area (Å²) >= 11 is 0. The first-order chi connectivity index (χ1) is 25.7. The minimum Gasteiger partial charge on any atom is -0.460 e. The largest absolute Gasteiger partial charge is 0.460 e. The van der Waals surface area contributed by atoms with E-state index in [2.05, 4.69) is 127 Å². The van der Waals surface area contributed by atoms with Crippen LogP contribution in [0.5, 0.6) is 0 Å². The second kappa shape index (κ2) is 11.3. The number of benzene rings is 7. The van der Waals surface area contributed by atoms with Crippen LogP contribution >= 0.6 is 0 Å². The lowest BCUT2D eigenvalue weighted by molar-refractivity contribution is 0.527. The first kappa shape index (κ1) is 28.9. The number of para-hydroxylation sites is 1. The topological polar surface area (TPSA) is 65.0 Å². The number of hydrogen-bond donors (Lipinski definition) is 0. The maximum absolute atomic E-state index is 6.54. The van der Waals surface area contributed by atoms with Gasteiger partial charge in [-0.05, 0) is 69.1 Å². The van der Waals surface area contributed by atoms with Gasteiger partial charge in [-0.15, -0.1) is 0 Å². The molecular formula is C47H29N3O2. The highest BCUT2D eigenvalue weighted by molar-refractivity contribution is 6.11. The van der Waals surface area contributed by atoms with E-state index in [-0.39, 0.29) is 5.92 Å². The van der Waals surface area contributed by atoms with Crippen molar-refractivity contribution in [3.05, 3.63) is 169 Å². The van der Waals surface area contributed by atoms with Gasteiger partial charge in [-0.25, -0.2) is 15.0 Å². The second-order valence-electron chi connectivity index (χ2n) is 13.6. The highest BCUT2D eigenvalue weighted by Crippen LogP contribution is 2.40. The lowest BCUT2D eigenvalue weighted by Crippen LogP contribution is -2.11. The van der Waals surface area contributed by atoms with E-state index in [0.717, 1.165) is 60.7 Å². The van der Waals surface area contributed by atoms with Crippen LogP contribution < -0.4 is 0 Å². The van der Waals surface area contributed by atoms with Crippen molar-refractivity contribution < 1.29 is 8.83 Å². The molecule has 1 aliphatic carbocycles. The summed E-state index contributed by atoms with van der Waals surface area (Å²) in [5, 5.41) is 7.93. The van der Waals surface area contributed by atoms with Crippen molar-refractivity contribution in [1.82, 2.24) is 15.0 Å². The molecule has 0 saturated heterocycles. The van der Waals surface area contributed by atoms with Crippen molar-refractivity contribution >= 4 is 60.5 Å². The Kier molecular flexibility index (Phi) is 6.31. The molecule has 0 fully saturated rings. The maximum atomic E-state index is 6.54. The summed E-state index contributed by atoms with van der Waals surface area (Å²) in [7, 11) is 0. The number of hydrogen-bond acceptors (Lipinski definition) is 5. The summed E-state index contributed by atoms with van der Waals surface area (Å²) in [5.74, 6) is 2.80. The third kappa shape index (κ3) is 4.67. The molecule has 5 heteroatoms. The van der Waals surface area contributed by atoms with Gasteiger partial charge in [0, 0.05) is 45.2 Å². The molecule has 244 valence electrons. The molecule has 1 unspecified atom stereocenters. The summed E-state index contributed by atoms with van der Waals surface area (Å²) < 4.78 is 12.8. The molecule has 11 rings (SSSR count). The number of furan rings is 2. The van der Waals surface area contributed by atoms with Gasteiger partial charge in [0.2, 0.25) is 0 Å². The fourth-order valence-corrected chi connectivity index (χ4v) is 7.80. The van der Waals surface area contributed by atoms with Crippen LogP contribution in [0.3, 0.4) is 0 Å². The molecule has 0 bridgehead atoms. The number of aromatic nitrogens is 3. The average Bonchev–Trinajstić information content (AvgIpc) is 3.78. The summed E-state index contributed by atoms with van der Waals surface area (Å²) in [6.45, 7) is 0. The Hall–Kier alpha value is -6.85. The second-order valence-corrected chi connectivity index (χ2v) is 13.6. The molecule has 3 aromatic heterocycles. The van der Waals surface area contributed by atoms with Gasteiger partial charge in [0.15, 0.2) is 11.6 Å². The summed E-state index contributed by atoms with van der Waals surface area (Å²) in [5.41, 5.74) is 7.86. The molecule has 0 spiro atoms. The van der Waals surface area contributed by atoms with Crippen molar-refractivity contribution in [3.63, 3.8) is 0 Å². The van der Waals surface area contributed by atoms with Crippen molar-refractivity contribution in [2.75, 3.05) is 0 Å². The molecule has 0 aliphatic heterocycles. The van der Waals surface area contributed by atoms with E-state index in [1.807, 2.05) is 30.3 Å². The third-order valence-corrected chi connectivity index (χ3v) is 10.4. The van der Waals surface area contributed by atoms with Crippen molar-refractivity contribution in [2.24, 2.45) is 0 Å². The van der Waals surface area contributed by atoms with Crippen molar-refractivity contribution in [2.45, 2.75) is 12.3 Å². The van der Waals surface area contributed by atoms with E-state index in [1.165, 1.54) is 27.3 Å². The van der Waals surface area contributed by atoms with Crippen LogP contribution in [0, 0.1) is 0 Å². The summed E-state index contributed by atoms with van der Waals surface area (Å²) in [4.78, 5) is 15.5. The Morgan fingerprint density at radius 1 is 0.481 bits per heavy atom. The third-order valence-electron chi connectivity index (χ3n) is 10.4. The van der Waals surface area contributed by atoms with Crippen LogP contribution in [0.1, 0.15) is 23.1 Å². The standard InChI is InChI=1S/C47H29N3O2/c1-3-10-30-24-32(18-16-28(30)8-1)33-21-23-41-39(26-33)36-22-20-35(27-43(36)52-41)46-48-45(34-19-17-29-9-2-4-11-31(29)25-34)49-47(50-46)38-13-7-15-42-44(38)37-12-5-6-14-40(37)51-42/h1-26,35H,27H2. The summed E-state index contributed by atoms with van der Waals surface area (Å²) in [6, 6.07) is 50.6. The Bertz CT molecular complexity index is 3080. The monoisotopic (exact) mass is 667 g/mol. The van der Waals surface area contributed by atoms with E-state index >= 15 is 0 Å². The van der Waals surface area contributed by atoms with Crippen LogP contribution in [-0.4, -0.2) is 15.0 Å². The predicted octanol–water partition coefficient (Wildman–Crippen LogP) is 12.2. The van der Waals surface area contributed by atoms with E-state index in [9.17, 15) is 0 Å². The Labute approximate surface area is 298 Å². The molecule has 7 aromatic carbocycles. The zero-order valence-electron chi connectivity index (χ0n) is 28.0. The van der Waals surface area contributed by atoms with Crippen molar-refractivity contribution in [1.29, 1.82) is 0 Å². The molecule has 52 heavy (non-hydrogen) atoms. The van der Waals surface area contributed by atoms with Gasteiger partial charge >= 0.3 is 0 Å². The molecule has 5 nitrogen and oxygen atoms in total. The van der Waals surface area contributed by atoms with E-state index in [4.69, 9.17) is 23.8 Å². The molecule has 1 atom stereocenters. The normalized spacial score (nSPS) is 14.2. The first-order valence-electron chi connectivity index (χ1n) is 17.6. The van der Waals surface area contributed by atoms with Crippen LogP contribution in [0.4, 0.5) is 0 Å². The highest BCUT2D eigenvalue weighted by Gasteiger charge is 2.26. The van der Waals surface area contributed by atoms with Crippen LogP contribution in [-0.2, 0) is 6.42 Å². The fraction of sp³-hybridized carbons (Fsp3) is 0.0426. The Morgan fingerprint density at radius 2 is 1.13 bits per heavy atom. The highest BCUT2D eigenvalue weighted by atomic mass is 16.3. The van der Waals surface area contributed by atoms with E-state index < -0.39 is 0 Å². The lowest BCUT2D eigenvalue weighted by Gasteiger charge is -2.17. The van der Waals surface area contributed by atoms with Gasteiger partial charge in [-0.1, -0.05) is 121 Å². The van der Waals surface area contributed by atoms with Crippen LogP contribution in [0.15, 0.2) is 161 Å². The number of nitrogens with zero attached hydrogens (tertiary/aromatic N) is 3. The zero-order valence-corrected chi connectivity index (χ0v) is 28.0. The lowest BCUT2D eigenvalue weighted by atomic mass is 9.92. The fourth-order valence-electron chi connectivity index (χ4n) is 7.80. The minimum absolute atomic E-state index is 0.103. The minimum atomic E-state index is -0.103. The van der Waals surface area contributed by atoms with Crippen LogP contribution in [0.25, 0.3) is 94.4 Å². The first-order valence-corrected chi connectivity index (χ1v) is 17.6. The van der Waals surface area contributed by atoms with Gasteiger partial charge in [-0.3, -0.25) is 0 Å². The molecule has 0 amide bonds. The smallest absolute Gasteiger partial charge is 0.164 e. The summed E-state index contributed by atoms with van der Waals surface area (Å²) in [6.07, 6.45) is 5.05. The van der Waals surface area contributed by atoms with Gasteiger partial charge < -0.3 is 8.83 Å². The molecule has 10 aromatic rings. The van der Waals surface area contributed by atoms with Crippen LogP contribution in [0.2, 0.25) is 0 Å². The maximum Gasteiger partial charge on any atom is 0.164 e. The van der Waals surface area contributed by atoms with Gasteiger partial charge in [0.1, 0.15) is 28.3 Å². The molecule has 3 heterocycles. The van der Waals surface area contributed by atoms with Gasteiger partial charge in [0.25, 0.3) is 0 Å². The van der Waals surface area contributed by atoms with E-state index in [1.54, 1.807) is 0 Å². The quantitative estimate of drug-likeness (QED) is 0.187. The number of fused-ring (bicyclic) bond motifs is 8. The van der Waals surface area contributed by atoms with Gasteiger partial charge in [-0.2, -0.15) is 0 Å². The zero-order chi connectivity index (χ0) is 34.2. The predicted molar refractivity (Wildman–Crippen MR) is 210 cm³/mol. The molecule has 0 radical (unpaired) electrons. The Morgan fingerprint density at radius 3 is 1.98 bits per heavy atom. The van der Waals surface area contributed by atoms with E-state index in [0.29, 0.717) is 23.9 Å². The van der Waals surface area contributed by atoms with Gasteiger partial charge in [0.05, 0.1) is 0 Å². The molecule has 0 N–H and O–H groups in total. The molecule has 1 aliphatic rings. The van der Waals surface area contributed by atoms with Crippen molar-refractivity contribution in [3.8, 4) is 33.9 Å². The SMILES string of the molecule is C1=CC(c2nc(-c3ccc4ccccc4c3)nc(-c3cccc4oc5ccccc5c34)n2)Cc2oc3ccc(-c4ccc5ccccc5c4)cc3c21. The number of allylic oxidation sites excluding steroid dienone is 1. The average molecular weight is 668 g/mol. The molecular weight excluding hydrogens is 639 g/mol. The molecule has 0 saturated carbocycles. The number of rotatable bonds is 4.